The summed E-state index contributed by atoms with van der Waals surface area (Å²) in [6, 6.07) is 6.61. The van der Waals surface area contributed by atoms with Crippen LogP contribution in [0.3, 0.4) is 0 Å². The second-order valence-corrected chi connectivity index (χ2v) is 4.01. The van der Waals surface area contributed by atoms with Crippen LogP contribution < -0.4 is 16.2 Å². The third-order valence-corrected chi connectivity index (χ3v) is 2.13. The zero-order chi connectivity index (χ0) is 12.1. The minimum Gasteiger partial charge on any atom is -0.490 e. The van der Waals surface area contributed by atoms with Crippen molar-refractivity contribution in [3.63, 3.8) is 0 Å². The van der Waals surface area contributed by atoms with Gasteiger partial charge in [-0.1, -0.05) is 12.2 Å². The Morgan fingerprint density at radius 2 is 1.94 bits per heavy atom. The van der Waals surface area contributed by atoms with Crippen LogP contribution >= 0.6 is 12.2 Å². The summed E-state index contributed by atoms with van der Waals surface area (Å²) in [6.45, 7) is 1.88. The lowest BCUT2D eigenvalue weighted by atomic mass is 10.2. The highest BCUT2D eigenvalue weighted by Gasteiger charge is 2.06. The molecule has 0 fully saturated rings. The van der Waals surface area contributed by atoms with Crippen molar-refractivity contribution in [1.29, 1.82) is 0 Å². The van der Waals surface area contributed by atoms with Gasteiger partial charge in [-0.15, -0.1) is 0 Å². The Balaban J connectivity index is 2.61. The molecule has 1 aromatic carbocycles. The molecule has 16 heavy (non-hydrogen) atoms. The maximum Gasteiger partial charge on any atom is 0.248 e. The third-order valence-electron chi connectivity index (χ3n) is 1.96. The number of ether oxygens (including phenoxy) is 1. The molecule has 0 aromatic heterocycles. The van der Waals surface area contributed by atoms with Gasteiger partial charge in [-0.25, -0.2) is 0 Å². The smallest absolute Gasteiger partial charge is 0.248 e. The average Bonchev–Trinajstić information content (AvgIpc) is 2.16. The zero-order valence-corrected chi connectivity index (χ0v) is 9.79. The number of carbonyl (C=O) groups is 1. The van der Waals surface area contributed by atoms with Crippen LogP contribution in [-0.4, -0.2) is 17.0 Å². The Kier molecular flexibility index (Phi) is 4.25. The second kappa shape index (κ2) is 5.46. The summed E-state index contributed by atoms with van der Waals surface area (Å²) in [6.07, 6.45) is 0.435. The fourth-order valence-electron chi connectivity index (χ4n) is 1.26. The molecule has 4 N–H and O–H groups in total. The maximum absolute atomic E-state index is 10.8. The van der Waals surface area contributed by atoms with Crippen molar-refractivity contribution < 1.29 is 9.53 Å². The van der Waals surface area contributed by atoms with Crippen LogP contribution in [0.5, 0.6) is 5.75 Å². The lowest BCUT2D eigenvalue weighted by molar-refractivity contribution is 0.100. The van der Waals surface area contributed by atoms with Crippen molar-refractivity contribution in [2.24, 2.45) is 11.5 Å². The molecular formula is C11H14N2O2S. The predicted octanol–water partition coefficient (Wildman–Crippen LogP) is 1.23. The quantitative estimate of drug-likeness (QED) is 0.756. The molecule has 1 aromatic rings. The van der Waals surface area contributed by atoms with Gasteiger partial charge in [-0.05, 0) is 31.2 Å². The standard InChI is InChI=1S/C11H14N2O2S/c1-7(6-10(12)16)15-9-4-2-8(3-5-9)11(13)14/h2-5,7H,6H2,1H3,(H2,12,16)(H2,13,14). The van der Waals surface area contributed by atoms with Crippen LogP contribution in [0.1, 0.15) is 23.7 Å². The minimum absolute atomic E-state index is 0.0862. The Bertz CT molecular complexity index is 389. The van der Waals surface area contributed by atoms with Gasteiger partial charge in [-0.3, -0.25) is 4.79 Å². The number of nitrogens with two attached hydrogens (primary N) is 2. The largest absolute Gasteiger partial charge is 0.490 e. The van der Waals surface area contributed by atoms with E-state index in [0.717, 1.165) is 0 Å². The Morgan fingerprint density at radius 3 is 2.38 bits per heavy atom. The molecule has 1 amide bonds. The van der Waals surface area contributed by atoms with Gasteiger partial charge >= 0.3 is 0 Å². The molecule has 0 saturated heterocycles. The topological polar surface area (TPSA) is 78.3 Å². The molecule has 0 heterocycles. The van der Waals surface area contributed by atoms with E-state index in [-0.39, 0.29) is 6.10 Å². The van der Waals surface area contributed by atoms with E-state index in [2.05, 4.69) is 0 Å². The number of hydrogen-bond donors (Lipinski definition) is 2. The summed E-state index contributed by atoms with van der Waals surface area (Å²) in [5.74, 6) is 0.205. The van der Waals surface area contributed by atoms with Gasteiger partial charge in [0.2, 0.25) is 5.91 Å². The number of carbonyl (C=O) groups excluding carboxylic acids is 1. The van der Waals surface area contributed by atoms with Gasteiger partial charge in [0, 0.05) is 12.0 Å². The lowest BCUT2D eigenvalue weighted by Gasteiger charge is -2.13. The molecule has 86 valence electrons. The number of amides is 1. The van der Waals surface area contributed by atoms with Crippen molar-refractivity contribution in [3.8, 4) is 5.75 Å². The van der Waals surface area contributed by atoms with Crippen LogP contribution in [0.2, 0.25) is 0 Å². The van der Waals surface area contributed by atoms with E-state index >= 15 is 0 Å². The first kappa shape index (κ1) is 12.4. The van der Waals surface area contributed by atoms with Crippen LogP contribution in [0.15, 0.2) is 24.3 Å². The summed E-state index contributed by atoms with van der Waals surface area (Å²) < 4.78 is 5.54. The van der Waals surface area contributed by atoms with E-state index in [1.165, 1.54) is 0 Å². The molecule has 1 rings (SSSR count). The molecule has 5 heteroatoms. The first-order chi connectivity index (χ1) is 7.49. The van der Waals surface area contributed by atoms with Gasteiger partial charge in [0.25, 0.3) is 0 Å². The van der Waals surface area contributed by atoms with Crippen molar-refractivity contribution in [1.82, 2.24) is 0 Å². The average molecular weight is 238 g/mol. The van der Waals surface area contributed by atoms with E-state index in [1.54, 1.807) is 24.3 Å². The molecule has 1 atom stereocenters. The highest BCUT2D eigenvalue weighted by atomic mass is 32.1. The van der Waals surface area contributed by atoms with Crippen LogP contribution in [0.4, 0.5) is 0 Å². The summed E-state index contributed by atoms with van der Waals surface area (Å²) in [7, 11) is 0. The highest BCUT2D eigenvalue weighted by Crippen LogP contribution is 2.14. The van der Waals surface area contributed by atoms with Crippen molar-refractivity contribution in [3.05, 3.63) is 29.8 Å². The Labute approximate surface area is 99.6 Å². The number of rotatable bonds is 5. The minimum atomic E-state index is -0.456. The van der Waals surface area contributed by atoms with E-state index in [1.807, 2.05) is 6.92 Å². The Hall–Kier alpha value is -1.62. The third kappa shape index (κ3) is 3.86. The molecule has 1 unspecified atom stereocenters. The lowest BCUT2D eigenvalue weighted by Crippen LogP contribution is -2.20. The monoisotopic (exact) mass is 238 g/mol. The van der Waals surface area contributed by atoms with Crippen molar-refractivity contribution in [2.75, 3.05) is 0 Å². The number of thiocarbonyl (C=S) groups is 1. The Morgan fingerprint density at radius 1 is 1.38 bits per heavy atom. The van der Waals surface area contributed by atoms with Crippen LogP contribution in [-0.2, 0) is 0 Å². The number of benzene rings is 1. The fraction of sp³-hybridized carbons (Fsp3) is 0.273. The molecule has 0 aliphatic carbocycles. The van der Waals surface area contributed by atoms with E-state index < -0.39 is 5.91 Å². The zero-order valence-electron chi connectivity index (χ0n) is 8.97. The van der Waals surface area contributed by atoms with Crippen LogP contribution in [0.25, 0.3) is 0 Å². The first-order valence-corrected chi connectivity index (χ1v) is 5.24. The van der Waals surface area contributed by atoms with Crippen LogP contribution in [0, 0.1) is 0 Å². The molecular weight excluding hydrogens is 224 g/mol. The predicted molar refractivity (Wildman–Crippen MR) is 66.5 cm³/mol. The molecule has 0 aliphatic heterocycles. The maximum atomic E-state index is 10.8. The molecule has 0 saturated carbocycles. The molecule has 0 spiro atoms. The van der Waals surface area contributed by atoms with E-state index in [0.29, 0.717) is 22.7 Å². The van der Waals surface area contributed by atoms with E-state index in [4.69, 9.17) is 28.4 Å². The summed E-state index contributed by atoms with van der Waals surface area (Å²) in [4.78, 5) is 11.2. The van der Waals surface area contributed by atoms with Gasteiger partial charge in [0.1, 0.15) is 11.9 Å². The normalized spacial score (nSPS) is 11.8. The van der Waals surface area contributed by atoms with Gasteiger partial charge < -0.3 is 16.2 Å². The van der Waals surface area contributed by atoms with Gasteiger partial charge in [0.15, 0.2) is 0 Å². The summed E-state index contributed by atoms with van der Waals surface area (Å²) >= 11 is 4.78. The molecule has 0 bridgehead atoms. The summed E-state index contributed by atoms with van der Waals surface area (Å²) in [5, 5.41) is 0. The number of hydrogen-bond acceptors (Lipinski definition) is 3. The van der Waals surface area contributed by atoms with Gasteiger partial charge in [0.05, 0.1) is 4.99 Å². The molecule has 0 radical (unpaired) electrons. The SMILES string of the molecule is CC(CC(N)=S)Oc1ccc(C(N)=O)cc1. The first-order valence-electron chi connectivity index (χ1n) is 4.84. The second-order valence-electron chi connectivity index (χ2n) is 3.49. The van der Waals surface area contributed by atoms with Gasteiger partial charge in [-0.2, -0.15) is 0 Å². The van der Waals surface area contributed by atoms with Crippen molar-refractivity contribution >= 4 is 23.1 Å². The number of primary amides is 1. The summed E-state index contributed by atoms with van der Waals surface area (Å²) in [5.41, 5.74) is 11.0. The van der Waals surface area contributed by atoms with E-state index in [9.17, 15) is 4.79 Å². The molecule has 4 nitrogen and oxygen atoms in total. The van der Waals surface area contributed by atoms with Crippen molar-refractivity contribution in [2.45, 2.75) is 19.4 Å². The highest BCUT2D eigenvalue weighted by molar-refractivity contribution is 7.80. The fourth-order valence-corrected chi connectivity index (χ4v) is 1.49. The molecule has 0 aliphatic rings.